The molecule has 0 aliphatic carbocycles. The zero-order valence-corrected chi connectivity index (χ0v) is 18.7. The van der Waals surface area contributed by atoms with Crippen LogP contribution in [0.3, 0.4) is 0 Å². The Labute approximate surface area is 182 Å². The second-order valence-corrected chi connectivity index (χ2v) is 11.6. The molecule has 0 amide bonds. The maximum atomic E-state index is 11.9. The van der Waals surface area contributed by atoms with Crippen molar-refractivity contribution in [2.24, 2.45) is 0 Å². The number of nitrogens with one attached hydrogen (secondary N) is 1. The molecule has 21 heteroatoms. The van der Waals surface area contributed by atoms with E-state index >= 15 is 0 Å². The Hall–Kier alpha value is -1.62. The third kappa shape index (κ3) is 5.23. The molecule has 6 atom stereocenters. The molecular formula is C12H17N6O12P3. The van der Waals surface area contributed by atoms with Gasteiger partial charge in [0.1, 0.15) is 24.6 Å². The number of imidazole rings is 2. The van der Waals surface area contributed by atoms with Crippen LogP contribution in [-0.4, -0.2) is 78.6 Å². The van der Waals surface area contributed by atoms with E-state index in [0.29, 0.717) is 11.2 Å². The van der Waals surface area contributed by atoms with Crippen LogP contribution in [0, 0.1) is 0 Å². The number of aliphatic hydroxyl groups is 2. The van der Waals surface area contributed by atoms with E-state index in [2.05, 4.69) is 23.8 Å². The van der Waals surface area contributed by atoms with Gasteiger partial charge in [0.05, 0.1) is 12.9 Å². The van der Waals surface area contributed by atoms with Gasteiger partial charge in [-0.15, -0.1) is 4.86 Å². The highest BCUT2D eigenvalue weighted by atomic mass is 31.3. The molecule has 1 aliphatic rings. The number of aromatic nitrogens is 5. The van der Waals surface area contributed by atoms with Crippen LogP contribution in [0.5, 0.6) is 0 Å². The molecule has 3 aromatic heterocycles. The largest absolute Gasteiger partial charge is 0.480 e. The summed E-state index contributed by atoms with van der Waals surface area (Å²) in [5.41, 5.74) is 1.10. The standard InChI is InChI=1S/C12H17N6O12P3/c19-8-6(3-28-33(26,27)30-32(24,25)16-31(21,22)23)29-12(9(8)20)18-5-14-7-10-13-1-2-17(10)4-15-11(7)18/h1-2,4-6,8-9,12,19-20H,3H2,(H,26,27)(H4,16,21,22,23,24,25). The topological polar surface area (TPSA) is 260 Å². The van der Waals surface area contributed by atoms with E-state index in [9.17, 15) is 33.7 Å². The normalized spacial score (nSPS) is 27.7. The molecular weight excluding hydrogens is 513 g/mol. The van der Waals surface area contributed by atoms with Gasteiger partial charge in [-0.1, -0.05) is 0 Å². The van der Waals surface area contributed by atoms with Crippen LogP contribution in [0.1, 0.15) is 6.23 Å². The third-order valence-corrected chi connectivity index (χ3v) is 8.68. The molecule has 0 radical (unpaired) electrons. The van der Waals surface area contributed by atoms with Gasteiger partial charge in [-0.05, 0) is 0 Å². The first-order valence-electron chi connectivity index (χ1n) is 8.79. The molecule has 1 aliphatic heterocycles. The number of hydrogen-bond acceptors (Lipinski definition) is 11. The number of ether oxygens (including phenoxy) is 1. The third-order valence-electron chi connectivity index (χ3n) is 4.44. The molecule has 0 bridgehead atoms. The molecule has 0 aromatic carbocycles. The van der Waals surface area contributed by atoms with Gasteiger partial charge in [0.15, 0.2) is 23.0 Å². The number of nitrogens with zero attached hydrogens (tertiary/aromatic N) is 5. The van der Waals surface area contributed by atoms with E-state index in [-0.39, 0.29) is 5.65 Å². The molecule has 7 N–H and O–H groups in total. The van der Waals surface area contributed by atoms with Crippen LogP contribution in [0.4, 0.5) is 0 Å². The Bertz CT molecular complexity index is 1320. The molecule has 182 valence electrons. The Morgan fingerprint density at radius 2 is 1.76 bits per heavy atom. The van der Waals surface area contributed by atoms with Crippen molar-refractivity contribution in [3.8, 4) is 0 Å². The lowest BCUT2D eigenvalue weighted by Gasteiger charge is -2.19. The second kappa shape index (κ2) is 8.55. The summed E-state index contributed by atoms with van der Waals surface area (Å²) >= 11 is 0. The molecule has 33 heavy (non-hydrogen) atoms. The molecule has 3 aromatic rings. The maximum Gasteiger partial charge on any atom is 0.480 e. The summed E-state index contributed by atoms with van der Waals surface area (Å²) in [5, 5.41) is 20.7. The van der Waals surface area contributed by atoms with Crippen LogP contribution in [0.15, 0.2) is 25.0 Å². The van der Waals surface area contributed by atoms with E-state index in [1.807, 2.05) is 0 Å². The average molecular weight is 530 g/mol. The van der Waals surface area contributed by atoms with Crippen molar-refractivity contribution in [3.63, 3.8) is 0 Å². The second-order valence-electron chi connectivity index (χ2n) is 6.78. The van der Waals surface area contributed by atoms with Crippen LogP contribution >= 0.6 is 23.3 Å². The number of fused-ring (bicyclic) bond motifs is 3. The van der Waals surface area contributed by atoms with Crippen molar-refractivity contribution in [3.05, 3.63) is 25.0 Å². The van der Waals surface area contributed by atoms with E-state index in [1.54, 1.807) is 10.6 Å². The van der Waals surface area contributed by atoms with Crippen molar-refractivity contribution < 1.29 is 57.1 Å². The lowest BCUT2D eigenvalue weighted by Crippen LogP contribution is -2.33. The number of hydrogen-bond donors (Lipinski definition) is 7. The summed E-state index contributed by atoms with van der Waals surface area (Å²) in [4.78, 5) is 49.5. The van der Waals surface area contributed by atoms with Gasteiger partial charge in [-0.2, -0.15) is 4.31 Å². The Kier molecular flexibility index (Phi) is 6.35. The predicted molar refractivity (Wildman–Crippen MR) is 104 cm³/mol. The van der Waals surface area contributed by atoms with Gasteiger partial charge in [0.25, 0.3) is 0 Å². The molecule has 0 saturated carbocycles. The number of phosphoric acid groups is 1. The summed E-state index contributed by atoms with van der Waals surface area (Å²) in [6, 6.07) is 0. The van der Waals surface area contributed by atoms with Gasteiger partial charge in [-0.3, -0.25) is 13.5 Å². The van der Waals surface area contributed by atoms with Crippen molar-refractivity contribution in [1.29, 1.82) is 0 Å². The lowest BCUT2D eigenvalue weighted by molar-refractivity contribution is -0.0502. The fourth-order valence-electron chi connectivity index (χ4n) is 3.14. The minimum absolute atomic E-state index is 0.257. The Morgan fingerprint density at radius 1 is 1.03 bits per heavy atom. The Balaban J connectivity index is 1.47. The highest BCUT2D eigenvalue weighted by Crippen LogP contribution is 2.61. The SMILES string of the molecule is O=P(O)(O)NP(=O)(O)OP(=O)(O)OCC1OC(n2cnc3c2ncn2ccnc32)C(O)C1O. The zero-order chi connectivity index (χ0) is 24.2. The van der Waals surface area contributed by atoms with Crippen molar-refractivity contribution in [1.82, 2.24) is 28.8 Å². The number of phosphoric ester groups is 1. The zero-order valence-electron chi connectivity index (χ0n) is 16.0. The first-order valence-corrected chi connectivity index (χ1v) is 13.5. The highest BCUT2D eigenvalue weighted by molar-refractivity contribution is 7.70. The van der Waals surface area contributed by atoms with Crippen LogP contribution in [-0.2, 0) is 27.3 Å². The minimum Gasteiger partial charge on any atom is -0.387 e. The molecule has 18 nitrogen and oxygen atoms in total. The summed E-state index contributed by atoms with van der Waals surface area (Å²) < 4.78 is 51.0. The molecule has 0 spiro atoms. The smallest absolute Gasteiger partial charge is 0.387 e. The average Bonchev–Trinajstić information content (AvgIpc) is 3.35. The van der Waals surface area contributed by atoms with Gasteiger partial charge < -0.3 is 34.5 Å². The molecule has 6 unspecified atom stereocenters. The van der Waals surface area contributed by atoms with Gasteiger partial charge in [-0.25, -0.2) is 28.6 Å². The fourth-order valence-corrected chi connectivity index (χ4v) is 6.58. The van der Waals surface area contributed by atoms with Crippen molar-refractivity contribution in [2.75, 3.05) is 6.61 Å². The lowest BCUT2D eigenvalue weighted by atomic mass is 10.1. The number of rotatable bonds is 8. The summed E-state index contributed by atoms with van der Waals surface area (Å²) in [6.07, 6.45) is 0.0333. The van der Waals surface area contributed by atoms with E-state index in [4.69, 9.17) is 14.5 Å². The van der Waals surface area contributed by atoms with E-state index in [0.717, 1.165) is 4.86 Å². The quantitative estimate of drug-likeness (QED) is 0.165. The van der Waals surface area contributed by atoms with Crippen LogP contribution in [0.2, 0.25) is 0 Å². The highest BCUT2D eigenvalue weighted by Gasteiger charge is 2.46. The maximum absolute atomic E-state index is 11.9. The monoisotopic (exact) mass is 530 g/mol. The number of aliphatic hydroxyl groups excluding tert-OH is 2. The first-order chi connectivity index (χ1) is 15.3. The van der Waals surface area contributed by atoms with Gasteiger partial charge >= 0.3 is 23.3 Å². The molecule has 1 saturated heterocycles. The van der Waals surface area contributed by atoms with Crippen molar-refractivity contribution in [2.45, 2.75) is 24.5 Å². The van der Waals surface area contributed by atoms with Gasteiger partial charge in [0, 0.05) is 12.4 Å². The molecule has 4 heterocycles. The summed E-state index contributed by atoms with van der Waals surface area (Å²) in [5.74, 6) is 0. The van der Waals surface area contributed by atoms with E-state index < -0.39 is 54.5 Å². The summed E-state index contributed by atoms with van der Waals surface area (Å²) in [6.45, 7) is -0.914. The molecule has 1 fully saturated rings. The molecule has 4 rings (SSSR count). The van der Waals surface area contributed by atoms with Gasteiger partial charge in [0.2, 0.25) is 0 Å². The predicted octanol–water partition coefficient (Wildman–Crippen LogP) is -1.39. The van der Waals surface area contributed by atoms with Crippen molar-refractivity contribution >= 4 is 40.1 Å². The van der Waals surface area contributed by atoms with E-state index in [1.165, 1.54) is 23.4 Å². The first kappa shape index (κ1) is 24.5. The summed E-state index contributed by atoms with van der Waals surface area (Å²) in [7, 11) is -16.1. The minimum atomic E-state index is -5.45. The van der Waals surface area contributed by atoms with Crippen LogP contribution in [0.25, 0.3) is 16.8 Å². The van der Waals surface area contributed by atoms with Crippen LogP contribution < -0.4 is 4.86 Å². The fraction of sp³-hybridized carbons (Fsp3) is 0.417. The Morgan fingerprint density at radius 3 is 2.45 bits per heavy atom.